The summed E-state index contributed by atoms with van der Waals surface area (Å²) in [6, 6.07) is 24.2. The minimum absolute atomic E-state index is 0.501. The van der Waals surface area contributed by atoms with Gasteiger partial charge in [-0.1, -0.05) is 66.7 Å². The number of aliphatic hydroxyl groups is 3. The summed E-state index contributed by atoms with van der Waals surface area (Å²) in [6.07, 6.45) is -2.72. The molecule has 3 rings (SSSR count). The molecule has 0 spiro atoms. The van der Waals surface area contributed by atoms with Crippen molar-refractivity contribution in [2.24, 2.45) is 0 Å². The molecule has 0 aliphatic carbocycles. The maximum atomic E-state index is 11.4. The van der Waals surface area contributed by atoms with Gasteiger partial charge in [0.2, 0.25) is 0 Å². The van der Waals surface area contributed by atoms with E-state index >= 15 is 0 Å². The summed E-state index contributed by atoms with van der Waals surface area (Å²) in [5.41, 5.74) is 0.977. The highest BCUT2D eigenvalue weighted by molar-refractivity contribution is 5.58. The lowest BCUT2D eigenvalue weighted by molar-refractivity contribution is -0.0376. The minimum atomic E-state index is -1.37. The summed E-state index contributed by atoms with van der Waals surface area (Å²) >= 11 is 0. The monoisotopic (exact) mass is 394 g/mol. The highest BCUT2D eigenvalue weighted by Crippen LogP contribution is 2.47. The van der Waals surface area contributed by atoms with Gasteiger partial charge in [-0.3, -0.25) is 0 Å². The van der Waals surface area contributed by atoms with Crippen LogP contribution in [0.2, 0.25) is 0 Å². The number of rotatable bonds is 8. The Bertz CT molecular complexity index is 872. The van der Waals surface area contributed by atoms with E-state index in [9.17, 15) is 15.3 Å². The van der Waals surface area contributed by atoms with Gasteiger partial charge in [0.05, 0.1) is 26.2 Å². The fourth-order valence-electron chi connectivity index (χ4n) is 3.89. The molecule has 152 valence electrons. The third-order valence-corrected chi connectivity index (χ3v) is 5.29. The van der Waals surface area contributed by atoms with Gasteiger partial charge in [-0.15, -0.1) is 0 Å². The quantitative estimate of drug-likeness (QED) is 0.512. The van der Waals surface area contributed by atoms with E-state index in [1.807, 2.05) is 66.7 Å². The first kappa shape index (κ1) is 20.9. The van der Waals surface area contributed by atoms with E-state index in [0.717, 1.165) is 11.1 Å². The number of hydrogen-bond donors (Lipinski definition) is 3. The third-order valence-electron chi connectivity index (χ3n) is 5.29. The van der Waals surface area contributed by atoms with Crippen LogP contribution >= 0.6 is 0 Å². The standard InChI is InChI=1S/C24H26O5/c1-28-19-13-14-20(22(15-19)29-2)24(23(27)21(26)16-25,17-9-5-3-6-10-17)18-11-7-4-8-12-18/h3-15,21,23,25-27H,16H2,1-2H3. The molecule has 0 aromatic heterocycles. The van der Waals surface area contributed by atoms with Crippen molar-refractivity contribution in [1.82, 2.24) is 0 Å². The number of ether oxygens (including phenoxy) is 2. The molecule has 0 heterocycles. The van der Waals surface area contributed by atoms with Gasteiger partial charge in [0, 0.05) is 11.6 Å². The van der Waals surface area contributed by atoms with E-state index in [0.29, 0.717) is 17.1 Å². The summed E-state index contributed by atoms with van der Waals surface area (Å²) in [6.45, 7) is -0.582. The van der Waals surface area contributed by atoms with E-state index in [1.54, 1.807) is 26.4 Å². The molecule has 29 heavy (non-hydrogen) atoms. The zero-order chi connectivity index (χ0) is 20.9. The number of benzene rings is 3. The molecule has 0 aliphatic rings. The molecule has 0 saturated heterocycles. The molecule has 5 nitrogen and oxygen atoms in total. The Labute approximate surface area is 170 Å². The van der Waals surface area contributed by atoms with Crippen molar-refractivity contribution in [3.8, 4) is 11.5 Å². The number of aliphatic hydroxyl groups excluding tert-OH is 3. The van der Waals surface area contributed by atoms with Crippen molar-refractivity contribution in [3.05, 3.63) is 95.6 Å². The Hall–Kier alpha value is -2.86. The van der Waals surface area contributed by atoms with Gasteiger partial charge in [-0.2, -0.15) is 0 Å². The van der Waals surface area contributed by atoms with E-state index in [4.69, 9.17) is 9.47 Å². The van der Waals surface area contributed by atoms with Crippen molar-refractivity contribution < 1.29 is 24.8 Å². The summed E-state index contributed by atoms with van der Waals surface area (Å²) in [5.74, 6) is 1.11. The zero-order valence-corrected chi connectivity index (χ0v) is 16.5. The van der Waals surface area contributed by atoms with E-state index in [1.165, 1.54) is 0 Å². The van der Waals surface area contributed by atoms with Gasteiger partial charge >= 0.3 is 0 Å². The van der Waals surface area contributed by atoms with Crippen molar-refractivity contribution >= 4 is 0 Å². The fourth-order valence-corrected chi connectivity index (χ4v) is 3.89. The summed E-state index contributed by atoms with van der Waals surface area (Å²) in [7, 11) is 3.12. The maximum Gasteiger partial charge on any atom is 0.127 e. The molecular weight excluding hydrogens is 368 g/mol. The first-order valence-corrected chi connectivity index (χ1v) is 9.40. The SMILES string of the molecule is COc1ccc(C(c2ccccc2)(c2ccccc2)C(O)C(O)CO)c(OC)c1. The van der Waals surface area contributed by atoms with Crippen LogP contribution in [0.15, 0.2) is 78.9 Å². The lowest BCUT2D eigenvalue weighted by Gasteiger charge is -2.42. The van der Waals surface area contributed by atoms with Crippen molar-refractivity contribution in [2.75, 3.05) is 20.8 Å². The van der Waals surface area contributed by atoms with Gasteiger partial charge < -0.3 is 24.8 Å². The van der Waals surface area contributed by atoms with Crippen LogP contribution in [0.4, 0.5) is 0 Å². The lowest BCUT2D eigenvalue weighted by atomic mass is 9.64. The first-order chi connectivity index (χ1) is 14.1. The molecule has 0 aliphatic heterocycles. The van der Waals surface area contributed by atoms with Crippen LogP contribution < -0.4 is 9.47 Å². The normalized spacial score (nSPS) is 13.6. The molecule has 0 bridgehead atoms. The Morgan fingerprint density at radius 2 is 1.34 bits per heavy atom. The van der Waals surface area contributed by atoms with Gasteiger partial charge in [-0.25, -0.2) is 0 Å². The van der Waals surface area contributed by atoms with Gasteiger partial charge in [0.25, 0.3) is 0 Å². The summed E-state index contributed by atoms with van der Waals surface area (Å²) in [5, 5.41) is 31.6. The summed E-state index contributed by atoms with van der Waals surface area (Å²) in [4.78, 5) is 0. The fraction of sp³-hybridized carbons (Fsp3) is 0.250. The average Bonchev–Trinajstić information content (AvgIpc) is 2.80. The van der Waals surface area contributed by atoms with Crippen molar-refractivity contribution in [1.29, 1.82) is 0 Å². The second-order valence-corrected chi connectivity index (χ2v) is 6.80. The second kappa shape index (κ2) is 9.09. The summed E-state index contributed by atoms with van der Waals surface area (Å²) < 4.78 is 11.0. The van der Waals surface area contributed by atoms with Gasteiger partial charge in [0.15, 0.2) is 0 Å². The van der Waals surface area contributed by atoms with Gasteiger partial charge in [-0.05, 0) is 17.2 Å². The Balaban J connectivity index is 2.43. The molecule has 3 aromatic rings. The zero-order valence-electron chi connectivity index (χ0n) is 16.5. The molecule has 0 radical (unpaired) electrons. The molecule has 2 unspecified atom stereocenters. The molecule has 3 aromatic carbocycles. The smallest absolute Gasteiger partial charge is 0.127 e. The average molecular weight is 394 g/mol. The van der Waals surface area contributed by atoms with E-state index in [-0.39, 0.29) is 0 Å². The Morgan fingerprint density at radius 3 is 1.79 bits per heavy atom. The van der Waals surface area contributed by atoms with E-state index < -0.39 is 24.2 Å². The van der Waals surface area contributed by atoms with Crippen molar-refractivity contribution in [2.45, 2.75) is 17.6 Å². The topological polar surface area (TPSA) is 79.2 Å². The van der Waals surface area contributed by atoms with Crippen LogP contribution in [0, 0.1) is 0 Å². The van der Waals surface area contributed by atoms with Gasteiger partial charge in [0.1, 0.15) is 23.7 Å². The molecule has 0 saturated carbocycles. The lowest BCUT2D eigenvalue weighted by Crippen LogP contribution is -2.49. The molecule has 5 heteroatoms. The van der Waals surface area contributed by atoms with Crippen molar-refractivity contribution in [3.63, 3.8) is 0 Å². The predicted molar refractivity (Wildman–Crippen MR) is 111 cm³/mol. The Kier molecular flexibility index (Phi) is 6.54. The predicted octanol–water partition coefficient (Wildman–Crippen LogP) is 2.75. The molecule has 3 N–H and O–H groups in total. The van der Waals surface area contributed by atoms with Crippen LogP contribution in [-0.4, -0.2) is 48.4 Å². The third kappa shape index (κ3) is 3.72. The first-order valence-electron chi connectivity index (χ1n) is 9.40. The number of hydrogen-bond acceptors (Lipinski definition) is 5. The van der Waals surface area contributed by atoms with Crippen LogP contribution in [0.1, 0.15) is 16.7 Å². The Morgan fingerprint density at radius 1 is 0.793 bits per heavy atom. The maximum absolute atomic E-state index is 11.4. The molecule has 0 amide bonds. The molecule has 0 fully saturated rings. The largest absolute Gasteiger partial charge is 0.497 e. The van der Waals surface area contributed by atoms with E-state index in [2.05, 4.69) is 0 Å². The molecular formula is C24H26O5. The van der Waals surface area contributed by atoms with Crippen LogP contribution in [0.25, 0.3) is 0 Å². The number of methoxy groups -OCH3 is 2. The van der Waals surface area contributed by atoms with Crippen LogP contribution in [0.5, 0.6) is 11.5 Å². The van der Waals surface area contributed by atoms with Crippen LogP contribution in [-0.2, 0) is 5.41 Å². The molecule has 2 atom stereocenters. The van der Waals surface area contributed by atoms with Crippen LogP contribution in [0.3, 0.4) is 0 Å². The minimum Gasteiger partial charge on any atom is -0.497 e. The second-order valence-electron chi connectivity index (χ2n) is 6.80. The highest BCUT2D eigenvalue weighted by atomic mass is 16.5. The highest BCUT2D eigenvalue weighted by Gasteiger charge is 2.47.